The fourth-order valence-corrected chi connectivity index (χ4v) is 3.22. The van der Waals surface area contributed by atoms with Crippen molar-refractivity contribution in [3.8, 4) is 0 Å². The molecule has 1 aliphatic rings. The van der Waals surface area contributed by atoms with E-state index in [2.05, 4.69) is 20.3 Å². The van der Waals surface area contributed by atoms with Crippen LogP contribution < -0.4 is 5.32 Å². The molecule has 1 aromatic carbocycles. The zero-order valence-electron chi connectivity index (χ0n) is 13.3. The quantitative estimate of drug-likeness (QED) is 0.803. The normalized spacial score (nSPS) is 20.5. The van der Waals surface area contributed by atoms with Crippen molar-refractivity contribution in [2.75, 3.05) is 12.4 Å². The summed E-state index contributed by atoms with van der Waals surface area (Å²) in [7, 11) is 1.83. The first-order chi connectivity index (χ1) is 11.7. The summed E-state index contributed by atoms with van der Waals surface area (Å²) in [5.74, 6) is 0.783. The van der Waals surface area contributed by atoms with E-state index in [1.807, 2.05) is 43.4 Å². The number of amides is 1. The number of pyridine rings is 1. The first-order valence-electron chi connectivity index (χ1n) is 7.86. The van der Waals surface area contributed by atoms with Gasteiger partial charge >= 0.3 is 0 Å². The summed E-state index contributed by atoms with van der Waals surface area (Å²) in [5, 5.41) is 3.38. The van der Waals surface area contributed by atoms with Gasteiger partial charge < -0.3 is 10.2 Å². The zero-order chi connectivity index (χ0) is 16.5. The highest BCUT2D eigenvalue weighted by Gasteiger charge is 2.38. The molecule has 24 heavy (non-hydrogen) atoms. The van der Waals surface area contributed by atoms with Crippen molar-refractivity contribution in [1.82, 2.24) is 19.9 Å². The number of hydrogen-bond donors (Lipinski definition) is 1. The van der Waals surface area contributed by atoms with Crippen LogP contribution in [0, 0.1) is 0 Å². The van der Waals surface area contributed by atoms with Crippen LogP contribution in [-0.2, 0) is 4.79 Å². The SMILES string of the molecule is CN1C(=O)C[C@@H](Nc2cnc3ccccc3n2)[C@@H]1c1cccnc1. The molecule has 0 aliphatic carbocycles. The largest absolute Gasteiger partial charge is 0.363 e. The fourth-order valence-electron chi connectivity index (χ4n) is 3.22. The molecule has 3 aromatic rings. The van der Waals surface area contributed by atoms with Gasteiger partial charge in [-0.15, -0.1) is 0 Å². The topological polar surface area (TPSA) is 71.0 Å². The Morgan fingerprint density at radius 2 is 1.96 bits per heavy atom. The molecule has 1 fully saturated rings. The van der Waals surface area contributed by atoms with Crippen molar-refractivity contribution >= 4 is 22.8 Å². The van der Waals surface area contributed by atoms with E-state index >= 15 is 0 Å². The molecule has 1 N–H and O–H groups in total. The number of rotatable bonds is 3. The van der Waals surface area contributed by atoms with E-state index in [-0.39, 0.29) is 18.0 Å². The summed E-state index contributed by atoms with van der Waals surface area (Å²) >= 11 is 0. The third-order valence-corrected chi connectivity index (χ3v) is 4.39. The Hall–Kier alpha value is -3.02. The lowest BCUT2D eigenvalue weighted by atomic mass is 10.0. The number of benzene rings is 1. The summed E-state index contributed by atoms with van der Waals surface area (Å²) in [4.78, 5) is 27.2. The third kappa shape index (κ3) is 2.56. The Morgan fingerprint density at radius 3 is 2.75 bits per heavy atom. The van der Waals surface area contributed by atoms with Crippen molar-refractivity contribution in [1.29, 1.82) is 0 Å². The zero-order valence-corrected chi connectivity index (χ0v) is 13.3. The van der Waals surface area contributed by atoms with Crippen molar-refractivity contribution in [2.24, 2.45) is 0 Å². The van der Waals surface area contributed by atoms with Crippen LogP contribution in [-0.4, -0.2) is 38.8 Å². The fraction of sp³-hybridized carbons (Fsp3) is 0.222. The van der Waals surface area contributed by atoms with Gasteiger partial charge in [0, 0.05) is 25.9 Å². The number of nitrogens with zero attached hydrogens (tertiary/aromatic N) is 4. The molecule has 2 aromatic heterocycles. The summed E-state index contributed by atoms with van der Waals surface area (Å²) < 4.78 is 0. The number of likely N-dealkylation sites (N-methyl/N-ethyl adjacent to an activating group) is 1. The van der Waals surface area contributed by atoms with Gasteiger partial charge in [0.2, 0.25) is 5.91 Å². The molecular weight excluding hydrogens is 302 g/mol. The van der Waals surface area contributed by atoms with Gasteiger partial charge in [-0.05, 0) is 23.8 Å². The molecule has 0 saturated carbocycles. The van der Waals surface area contributed by atoms with Gasteiger partial charge in [-0.25, -0.2) is 4.98 Å². The predicted octanol–water partition coefficient (Wildman–Crippen LogP) is 2.41. The number of para-hydroxylation sites is 2. The van der Waals surface area contributed by atoms with Crippen LogP contribution in [0.5, 0.6) is 0 Å². The maximum absolute atomic E-state index is 12.2. The lowest BCUT2D eigenvalue weighted by molar-refractivity contribution is -0.127. The van der Waals surface area contributed by atoms with Crippen molar-refractivity contribution in [3.63, 3.8) is 0 Å². The van der Waals surface area contributed by atoms with Crippen molar-refractivity contribution in [2.45, 2.75) is 18.5 Å². The number of nitrogens with one attached hydrogen (secondary N) is 1. The molecule has 0 unspecified atom stereocenters. The maximum Gasteiger partial charge on any atom is 0.225 e. The number of aromatic nitrogens is 3. The van der Waals surface area contributed by atoms with E-state index in [0.717, 1.165) is 16.6 Å². The number of carbonyl (C=O) groups excluding carboxylic acids is 1. The standard InChI is InChI=1S/C18H17N5O/c1-23-17(24)9-15(18(23)12-5-4-8-19-10-12)22-16-11-20-13-6-2-3-7-14(13)21-16/h2-8,10-11,15,18H,9H2,1H3,(H,21,22)/t15-,18+/m1/s1. The van der Waals surface area contributed by atoms with Gasteiger partial charge in [0.15, 0.2) is 0 Å². The smallest absolute Gasteiger partial charge is 0.225 e. The molecule has 4 rings (SSSR count). The summed E-state index contributed by atoms with van der Waals surface area (Å²) in [6.45, 7) is 0. The maximum atomic E-state index is 12.2. The highest BCUT2D eigenvalue weighted by Crippen LogP contribution is 2.33. The highest BCUT2D eigenvalue weighted by molar-refractivity contribution is 5.81. The molecule has 6 nitrogen and oxygen atoms in total. The second kappa shape index (κ2) is 5.88. The van der Waals surface area contributed by atoms with Crippen molar-refractivity contribution < 1.29 is 4.79 Å². The van der Waals surface area contributed by atoms with Gasteiger partial charge in [0.1, 0.15) is 5.82 Å². The average molecular weight is 319 g/mol. The molecule has 0 radical (unpaired) electrons. The Labute approximate surface area is 139 Å². The van der Waals surface area contributed by atoms with Crippen LogP contribution in [0.15, 0.2) is 55.0 Å². The minimum atomic E-state index is -0.0699. The van der Waals surface area contributed by atoms with Gasteiger partial charge in [-0.2, -0.15) is 0 Å². The third-order valence-electron chi connectivity index (χ3n) is 4.39. The van der Waals surface area contributed by atoms with E-state index in [9.17, 15) is 4.79 Å². The Balaban J connectivity index is 1.65. The van der Waals surface area contributed by atoms with Crippen LogP contribution in [0.4, 0.5) is 5.82 Å². The summed E-state index contributed by atoms with van der Waals surface area (Å²) in [5.41, 5.74) is 2.70. The number of likely N-dealkylation sites (tertiary alicyclic amines) is 1. The minimum Gasteiger partial charge on any atom is -0.363 e. The number of anilines is 1. The molecule has 120 valence electrons. The Kier molecular flexibility index (Phi) is 3.57. The first kappa shape index (κ1) is 14.6. The molecule has 0 spiro atoms. The van der Waals surface area contributed by atoms with Crippen LogP contribution in [0.3, 0.4) is 0 Å². The number of hydrogen-bond acceptors (Lipinski definition) is 5. The van der Waals surface area contributed by atoms with E-state index < -0.39 is 0 Å². The molecule has 1 amide bonds. The minimum absolute atomic E-state index is 0.0674. The molecule has 1 saturated heterocycles. The second-order valence-electron chi connectivity index (χ2n) is 5.93. The van der Waals surface area contributed by atoms with Crippen LogP contribution in [0.1, 0.15) is 18.0 Å². The molecule has 1 aliphatic heterocycles. The molecule has 2 atom stereocenters. The van der Waals surface area contributed by atoms with Crippen molar-refractivity contribution in [3.05, 3.63) is 60.6 Å². The van der Waals surface area contributed by atoms with Gasteiger partial charge in [-0.3, -0.25) is 14.8 Å². The molecular formula is C18H17N5O. The van der Waals surface area contributed by atoms with Crippen LogP contribution in [0.2, 0.25) is 0 Å². The van der Waals surface area contributed by atoms with E-state index in [1.54, 1.807) is 23.5 Å². The Morgan fingerprint density at radius 1 is 1.12 bits per heavy atom. The number of carbonyl (C=O) groups is 1. The van der Waals surface area contributed by atoms with E-state index in [4.69, 9.17) is 0 Å². The monoisotopic (exact) mass is 319 g/mol. The molecule has 0 bridgehead atoms. The molecule has 6 heteroatoms. The first-order valence-corrected chi connectivity index (χ1v) is 7.86. The lowest BCUT2D eigenvalue weighted by Crippen LogP contribution is -2.30. The Bertz CT molecular complexity index is 883. The predicted molar refractivity (Wildman–Crippen MR) is 91.3 cm³/mol. The number of fused-ring (bicyclic) bond motifs is 1. The van der Waals surface area contributed by atoms with E-state index in [0.29, 0.717) is 12.2 Å². The summed E-state index contributed by atoms with van der Waals surface area (Å²) in [6, 6.07) is 11.5. The van der Waals surface area contributed by atoms with E-state index in [1.165, 1.54) is 0 Å². The highest BCUT2D eigenvalue weighted by atomic mass is 16.2. The van der Waals surface area contributed by atoms with Gasteiger partial charge in [0.25, 0.3) is 0 Å². The van der Waals surface area contributed by atoms with Crippen LogP contribution in [0.25, 0.3) is 11.0 Å². The van der Waals surface area contributed by atoms with Crippen LogP contribution >= 0.6 is 0 Å². The molecule has 3 heterocycles. The van der Waals surface area contributed by atoms with Gasteiger partial charge in [0.05, 0.1) is 29.3 Å². The average Bonchev–Trinajstić information content (AvgIpc) is 2.89. The lowest BCUT2D eigenvalue weighted by Gasteiger charge is -2.25. The second-order valence-corrected chi connectivity index (χ2v) is 5.93. The summed E-state index contributed by atoms with van der Waals surface area (Å²) in [6.07, 6.45) is 5.67. The van der Waals surface area contributed by atoms with Gasteiger partial charge in [-0.1, -0.05) is 18.2 Å².